The average molecular weight is 366 g/mol. The predicted molar refractivity (Wildman–Crippen MR) is 107 cm³/mol. The molecular weight excluding hydrogens is 340 g/mol. The summed E-state index contributed by atoms with van der Waals surface area (Å²) in [5, 5.41) is 2.91. The van der Waals surface area contributed by atoms with Crippen LogP contribution >= 0.6 is 0 Å². The fourth-order valence-electron chi connectivity index (χ4n) is 3.01. The van der Waals surface area contributed by atoms with Crippen LogP contribution in [0.1, 0.15) is 18.0 Å². The van der Waals surface area contributed by atoms with Crippen LogP contribution < -0.4 is 5.32 Å². The normalized spacial score (nSPS) is 11.7. The molecule has 3 aromatic rings. The second kappa shape index (κ2) is 9.19. The van der Waals surface area contributed by atoms with Gasteiger partial charge in [0.2, 0.25) is 5.91 Å². The minimum Gasteiger partial charge on any atom is -0.465 e. The lowest BCUT2D eigenvalue weighted by Gasteiger charge is -2.12. The summed E-state index contributed by atoms with van der Waals surface area (Å²) in [6, 6.07) is 11.8. The number of imidazole rings is 1. The summed E-state index contributed by atoms with van der Waals surface area (Å²) >= 11 is 0. The maximum Gasteiger partial charge on any atom is 0.244 e. The van der Waals surface area contributed by atoms with Crippen molar-refractivity contribution in [3.63, 3.8) is 0 Å². The molecule has 0 atom stereocenters. The standard InChI is InChI=1S/C21H26N4O2/c1-24(2)14-6-15-25-19-9-4-3-8-18(19)23-20(25)12-13-22-21(26)11-10-17-7-5-16-27-17/h3-5,7-11,16H,6,12-15H2,1-2H3,(H,22,26)/b11-10+. The molecule has 0 radical (unpaired) electrons. The number of hydrogen-bond acceptors (Lipinski definition) is 4. The quantitative estimate of drug-likeness (QED) is 0.592. The van der Waals surface area contributed by atoms with E-state index in [1.54, 1.807) is 24.5 Å². The highest BCUT2D eigenvalue weighted by Gasteiger charge is 2.10. The Kier molecular flexibility index (Phi) is 6.44. The molecule has 27 heavy (non-hydrogen) atoms. The van der Waals surface area contributed by atoms with Crippen molar-refractivity contribution in [3.8, 4) is 0 Å². The Balaban J connectivity index is 1.60. The molecule has 6 nitrogen and oxygen atoms in total. The third kappa shape index (κ3) is 5.31. The van der Waals surface area contributed by atoms with Gasteiger partial charge in [0, 0.05) is 25.6 Å². The monoisotopic (exact) mass is 366 g/mol. The summed E-state index contributed by atoms with van der Waals surface area (Å²) in [5.41, 5.74) is 2.15. The average Bonchev–Trinajstić information content (AvgIpc) is 3.28. The van der Waals surface area contributed by atoms with Crippen molar-refractivity contribution in [1.29, 1.82) is 0 Å². The van der Waals surface area contributed by atoms with Gasteiger partial charge < -0.3 is 19.2 Å². The van der Waals surface area contributed by atoms with Crippen LogP contribution in [0, 0.1) is 0 Å². The predicted octanol–water partition coefficient (Wildman–Crippen LogP) is 2.95. The zero-order chi connectivity index (χ0) is 19.1. The van der Waals surface area contributed by atoms with Gasteiger partial charge in [-0.2, -0.15) is 0 Å². The number of hydrogen-bond donors (Lipinski definition) is 1. The van der Waals surface area contributed by atoms with Crippen LogP contribution in [0.3, 0.4) is 0 Å². The highest BCUT2D eigenvalue weighted by atomic mass is 16.3. The Bertz CT molecular complexity index is 894. The van der Waals surface area contributed by atoms with Crippen molar-refractivity contribution in [2.45, 2.75) is 19.4 Å². The Labute approximate surface area is 159 Å². The van der Waals surface area contributed by atoms with Gasteiger partial charge in [-0.05, 0) is 57.4 Å². The smallest absolute Gasteiger partial charge is 0.244 e. The number of aryl methyl sites for hydroxylation is 1. The summed E-state index contributed by atoms with van der Waals surface area (Å²) in [7, 11) is 4.16. The molecule has 2 aromatic heterocycles. The van der Waals surface area contributed by atoms with Crippen molar-refractivity contribution in [1.82, 2.24) is 19.8 Å². The van der Waals surface area contributed by atoms with Gasteiger partial charge in [0.25, 0.3) is 0 Å². The van der Waals surface area contributed by atoms with E-state index < -0.39 is 0 Å². The molecule has 0 saturated heterocycles. The minimum absolute atomic E-state index is 0.137. The number of amides is 1. The van der Waals surface area contributed by atoms with Crippen LogP contribution in [0.5, 0.6) is 0 Å². The van der Waals surface area contributed by atoms with E-state index in [9.17, 15) is 4.79 Å². The van der Waals surface area contributed by atoms with Gasteiger partial charge in [0.15, 0.2) is 0 Å². The van der Waals surface area contributed by atoms with Gasteiger partial charge in [-0.3, -0.25) is 4.79 Å². The van der Waals surface area contributed by atoms with Crippen molar-refractivity contribution < 1.29 is 9.21 Å². The maximum absolute atomic E-state index is 12.0. The fourth-order valence-corrected chi connectivity index (χ4v) is 3.01. The molecule has 1 aromatic carbocycles. The van der Waals surface area contributed by atoms with Crippen LogP contribution in [0.25, 0.3) is 17.1 Å². The summed E-state index contributed by atoms with van der Waals surface area (Å²) in [5.74, 6) is 1.53. The van der Waals surface area contributed by atoms with Crippen LogP contribution in [-0.2, 0) is 17.8 Å². The zero-order valence-electron chi connectivity index (χ0n) is 15.9. The van der Waals surface area contributed by atoms with E-state index in [2.05, 4.69) is 34.9 Å². The molecule has 0 aliphatic heterocycles. The second-order valence-corrected chi connectivity index (χ2v) is 6.71. The number of carbonyl (C=O) groups is 1. The molecule has 0 aliphatic rings. The van der Waals surface area contributed by atoms with Gasteiger partial charge in [0.1, 0.15) is 11.6 Å². The van der Waals surface area contributed by atoms with Crippen molar-refractivity contribution in [3.05, 3.63) is 60.3 Å². The number of para-hydroxylation sites is 2. The second-order valence-electron chi connectivity index (χ2n) is 6.71. The first-order chi connectivity index (χ1) is 13.1. The van der Waals surface area contributed by atoms with Gasteiger partial charge in [0.05, 0.1) is 17.3 Å². The van der Waals surface area contributed by atoms with Crippen molar-refractivity contribution in [2.24, 2.45) is 0 Å². The number of nitrogens with zero attached hydrogens (tertiary/aromatic N) is 3. The maximum atomic E-state index is 12.0. The van der Waals surface area contributed by atoms with Gasteiger partial charge in [-0.15, -0.1) is 0 Å². The number of nitrogens with one attached hydrogen (secondary N) is 1. The van der Waals surface area contributed by atoms with E-state index in [-0.39, 0.29) is 5.91 Å². The van der Waals surface area contributed by atoms with E-state index in [1.807, 2.05) is 18.2 Å². The van der Waals surface area contributed by atoms with Gasteiger partial charge >= 0.3 is 0 Å². The number of benzene rings is 1. The van der Waals surface area contributed by atoms with Crippen LogP contribution in [0.4, 0.5) is 0 Å². The van der Waals surface area contributed by atoms with E-state index in [4.69, 9.17) is 9.40 Å². The SMILES string of the molecule is CN(C)CCCn1c(CCNC(=O)/C=C/c2ccco2)nc2ccccc21. The van der Waals surface area contributed by atoms with Crippen molar-refractivity contribution in [2.75, 3.05) is 27.2 Å². The molecule has 1 amide bonds. The number of aromatic nitrogens is 2. The molecule has 0 saturated carbocycles. The molecule has 142 valence electrons. The lowest BCUT2D eigenvalue weighted by molar-refractivity contribution is -0.116. The fraction of sp³-hybridized carbons (Fsp3) is 0.333. The molecule has 1 N–H and O–H groups in total. The minimum atomic E-state index is -0.137. The molecule has 0 bridgehead atoms. The van der Waals surface area contributed by atoms with E-state index in [0.717, 1.165) is 36.4 Å². The molecule has 0 fully saturated rings. The highest BCUT2D eigenvalue weighted by Crippen LogP contribution is 2.17. The number of furan rings is 1. The van der Waals surface area contributed by atoms with E-state index in [1.165, 1.54) is 6.08 Å². The highest BCUT2D eigenvalue weighted by molar-refractivity contribution is 5.91. The number of carbonyl (C=O) groups excluding carboxylic acids is 1. The Morgan fingerprint density at radius 2 is 2.11 bits per heavy atom. The first-order valence-electron chi connectivity index (χ1n) is 9.22. The zero-order valence-corrected chi connectivity index (χ0v) is 15.9. The van der Waals surface area contributed by atoms with E-state index in [0.29, 0.717) is 18.7 Å². The third-order valence-electron chi connectivity index (χ3n) is 4.31. The van der Waals surface area contributed by atoms with E-state index >= 15 is 0 Å². The van der Waals surface area contributed by atoms with Crippen LogP contribution in [-0.4, -0.2) is 47.5 Å². The molecule has 6 heteroatoms. The molecular formula is C21H26N4O2. The number of rotatable bonds is 9. The molecule has 3 rings (SSSR count). The molecule has 0 spiro atoms. The summed E-state index contributed by atoms with van der Waals surface area (Å²) in [6.45, 7) is 2.49. The Morgan fingerprint density at radius 3 is 2.89 bits per heavy atom. The summed E-state index contributed by atoms with van der Waals surface area (Å²) < 4.78 is 7.45. The first-order valence-corrected chi connectivity index (χ1v) is 9.22. The molecule has 0 unspecified atom stereocenters. The summed E-state index contributed by atoms with van der Waals surface area (Å²) in [6.07, 6.45) is 6.47. The number of fused-ring (bicyclic) bond motifs is 1. The molecule has 0 aliphatic carbocycles. The summed E-state index contributed by atoms with van der Waals surface area (Å²) in [4.78, 5) is 18.9. The Morgan fingerprint density at radius 1 is 1.26 bits per heavy atom. The van der Waals surface area contributed by atoms with Crippen LogP contribution in [0.2, 0.25) is 0 Å². The first kappa shape index (κ1) is 18.9. The van der Waals surface area contributed by atoms with Gasteiger partial charge in [-0.1, -0.05) is 12.1 Å². The van der Waals surface area contributed by atoms with Gasteiger partial charge in [-0.25, -0.2) is 4.98 Å². The lowest BCUT2D eigenvalue weighted by atomic mass is 10.3. The van der Waals surface area contributed by atoms with Crippen LogP contribution in [0.15, 0.2) is 53.2 Å². The Hall–Kier alpha value is -2.86. The lowest BCUT2D eigenvalue weighted by Crippen LogP contribution is -2.24. The molecule has 2 heterocycles. The van der Waals surface area contributed by atoms with Crippen molar-refractivity contribution >= 4 is 23.0 Å². The third-order valence-corrected chi connectivity index (χ3v) is 4.31. The topological polar surface area (TPSA) is 63.3 Å². The largest absolute Gasteiger partial charge is 0.465 e.